The lowest BCUT2D eigenvalue weighted by Gasteiger charge is -2.47. The van der Waals surface area contributed by atoms with Crippen molar-refractivity contribution < 1.29 is 0 Å². The zero-order valence-corrected chi connectivity index (χ0v) is 14.2. The standard InChI is InChI=1S/C17H24N6/c1-12-8-13(2)20-16-15(12)17(19-11-18-16)23-7-6-22-5-4-21(3)9-14(22)10-23/h8,11,14H,4-7,9-10H2,1-3H3. The smallest absolute Gasteiger partial charge is 0.165 e. The van der Waals surface area contributed by atoms with Crippen molar-refractivity contribution in [3.63, 3.8) is 0 Å². The van der Waals surface area contributed by atoms with E-state index in [0.29, 0.717) is 6.04 Å². The molecule has 0 N–H and O–H groups in total. The van der Waals surface area contributed by atoms with Crippen molar-refractivity contribution in [2.75, 3.05) is 51.2 Å². The van der Waals surface area contributed by atoms with Crippen LogP contribution in [-0.4, -0.2) is 77.1 Å². The molecule has 2 aromatic heterocycles. The van der Waals surface area contributed by atoms with E-state index in [1.807, 2.05) is 6.92 Å². The van der Waals surface area contributed by atoms with Gasteiger partial charge in [-0.25, -0.2) is 15.0 Å². The molecule has 0 aromatic carbocycles. The third kappa shape index (κ3) is 2.66. The van der Waals surface area contributed by atoms with E-state index in [1.54, 1.807) is 6.33 Å². The summed E-state index contributed by atoms with van der Waals surface area (Å²) >= 11 is 0. The van der Waals surface area contributed by atoms with Crippen LogP contribution in [0.3, 0.4) is 0 Å². The number of aromatic nitrogens is 3. The number of piperazine rings is 2. The van der Waals surface area contributed by atoms with Crippen molar-refractivity contribution in [3.05, 3.63) is 23.7 Å². The third-order valence-electron chi connectivity index (χ3n) is 5.10. The van der Waals surface area contributed by atoms with Crippen molar-refractivity contribution >= 4 is 16.9 Å². The van der Waals surface area contributed by atoms with Gasteiger partial charge in [-0.05, 0) is 32.5 Å². The van der Waals surface area contributed by atoms with E-state index in [2.05, 4.69) is 49.7 Å². The number of likely N-dealkylation sites (N-methyl/N-ethyl adjacent to an activating group) is 1. The minimum absolute atomic E-state index is 0.589. The first kappa shape index (κ1) is 14.8. The zero-order chi connectivity index (χ0) is 16.0. The van der Waals surface area contributed by atoms with Crippen LogP contribution < -0.4 is 4.90 Å². The Morgan fingerprint density at radius 1 is 1.04 bits per heavy atom. The van der Waals surface area contributed by atoms with Crippen LogP contribution in [0.4, 0.5) is 5.82 Å². The molecule has 2 aromatic rings. The molecule has 6 heteroatoms. The van der Waals surface area contributed by atoms with Crippen molar-refractivity contribution in [3.8, 4) is 0 Å². The second kappa shape index (κ2) is 5.69. The minimum atomic E-state index is 0.589. The van der Waals surface area contributed by atoms with E-state index in [1.165, 1.54) is 18.7 Å². The predicted molar refractivity (Wildman–Crippen MR) is 91.9 cm³/mol. The van der Waals surface area contributed by atoms with Crippen LogP contribution in [0, 0.1) is 13.8 Å². The topological polar surface area (TPSA) is 48.4 Å². The van der Waals surface area contributed by atoms with E-state index in [4.69, 9.17) is 0 Å². The fraction of sp³-hybridized carbons (Fsp3) is 0.588. The summed E-state index contributed by atoms with van der Waals surface area (Å²) in [5.74, 6) is 1.05. The summed E-state index contributed by atoms with van der Waals surface area (Å²) in [5, 5.41) is 1.11. The van der Waals surface area contributed by atoms with Gasteiger partial charge in [-0.3, -0.25) is 4.90 Å². The number of anilines is 1. The Labute approximate surface area is 137 Å². The quantitative estimate of drug-likeness (QED) is 0.785. The van der Waals surface area contributed by atoms with Crippen LogP contribution in [0.1, 0.15) is 11.3 Å². The maximum Gasteiger partial charge on any atom is 0.165 e. The molecule has 0 bridgehead atoms. The average molecular weight is 312 g/mol. The summed E-state index contributed by atoms with van der Waals surface area (Å²) in [6, 6.07) is 2.71. The molecule has 0 saturated carbocycles. The van der Waals surface area contributed by atoms with Gasteiger partial charge in [0.05, 0.1) is 5.39 Å². The number of aryl methyl sites for hydroxylation is 2. The molecule has 2 aliphatic heterocycles. The lowest BCUT2D eigenvalue weighted by Crippen LogP contribution is -2.61. The molecule has 2 fully saturated rings. The highest BCUT2D eigenvalue weighted by Crippen LogP contribution is 2.28. The first-order valence-electron chi connectivity index (χ1n) is 8.38. The van der Waals surface area contributed by atoms with E-state index in [9.17, 15) is 0 Å². The van der Waals surface area contributed by atoms with Gasteiger partial charge >= 0.3 is 0 Å². The third-order valence-corrected chi connectivity index (χ3v) is 5.10. The van der Waals surface area contributed by atoms with Crippen LogP contribution in [0.25, 0.3) is 11.0 Å². The van der Waals surface area contributed by atoms with Crippen molar-refractivity contribution in [2.45, 2.75) is 19.9 Å². The largest absolute Gasteiger partial charge is 0.353 e. The fourth-order valence-electron chi connectivity index (χ4n) is 3.93. The predicted octanol–water partition coefficient (Wildman–Crippen LogP) is 1.08. The van der Waals surface area contributed by atoms with E-state index in [0.717, 1.165) is 48.7 Å². The van der Waals surface area contributed by atoms with Gasteiger partial charge in [0.1, 0.15) is 12.1 Å². The maximum atomic E-state index is 4.62. The summed E-state index contributed by atoms with van der Waals surface area (Å²) in [5.41, 5.74) is 3.04. The van der Waals surface area contributed by atoms with Crippen LogP contribution in [0.2, 0.25) is 0 Å². The maximum absolute atomic E-state index is 4.62. The summed E-state index contributed by atoms with van der Waals surface area (Å²) < 4.78 is 0. The lowest BCUT2D eigenvalue weighted by atomic mass is 10.1. The van der Waals surface area contributed by atoms with E-state index >= 15 is 0 Å². The van der Waals surface area contributed by atoms with Gasteiger partial charge in [-0.1, -0.05) is 0 Å². The molecule has 0 amide bonds. The van der Waals surface area contributed by atoms with Crippen molar-refractivity contribution in [1.29, 1.82) is 0 Å². The first-order chi connectivity index (χ1) is 11.1. The Kier molecular flexibility index (Phi) is 3.66. The van der Waals surface area contributed by atoms with Gasteiger partial charge in [-0.15, -0.1) is 0 Å². The molecule has 0 spiro atoms. The Morgan fingerprint density at radius 2 is 1.87 bits per heavy atom. The summed E-state index contributed by atoms with van der Waals surface area (Å²) in [6.07, 6.45) is 1.66. The molecule has 6 nitrogen and oxygen atoms in total. The first-order valence-corrected chi connectivity index (χ1v) is 8.38. The molecule has 0 radical (unpaired) electrons. The SMILES string of the molecule is Cc1cc(C)c2c(N3CCN4CCN(C)CC4C3)ncnc2n1. The zero-order valence-electron chi connectivity index (χ0n) is 14.2. The average Bonchev–Trinajstić information content (AvgIpc) is 2.53. The Morgan fingerprint density at radius 3 is 2.74 bits per heavy atom. The van der Waals surface area contributed by atoms with Crippen LogP contribution in [0.5, 0.6) is 0 Å². The molecule has 4 heterocycles. The monoisotopic (exact) mass is 312 g/mol. The van der Waals surface area contributed by atoms with E-state index in [-0.39, 0.29) is 0 Å². The molecule has 2 aliphatic rings. The second-order valence-electron chi connectivity index (χ2n) is 6.87. The molecule has 1 atom stereocenters. The molecule has 1 unspecified atom stereocenters. The number of rotatable bonds is 1. The second-order valence-corrected chi connectivity index (χ2v) is 6.87. The Hall–Kier alpha value is -1.79. The summed E-state index contributed by atoms with van der Waals surface area (Å²) in [6.45, 7) is 10.8. The van der Waals surface area contributed by atoms with Gasteiger partial charge in [0.25, 0.3) is 0 Å². The van der Waals surface area contributed by atoms with Gasteiger partial charge < -0.3 is 9.80 Å². The molecule has 23 heavy (non-hydrogen) atoms. The molecule has 4 rings (SSSR count). The number of fused-ring (bicyclic) bond motifs is 2. The van der Waals surface area contributed by atoms with Crippen molar-refractivity contribution in [1.82, 2.24) is 24.8 Å². The highest BCUT2D eigenvalue weighted by atomic mass is 15.4. The molecule has 122 valence electrons. The Balaban J connectivity index is 1.69. The van der Waals surface area contributed by atoms with Gasteiger partial charge in [0, 0.05) is 51.0 Å². The molecular weight excluding hydrogens is 288 g/mol. The fourth-order valence-corrected chi connectivity index (χ4v) is 3.93. The number of hydrogen-bond acceptors (Lipinski definition) is 6. The highest BCUT2D eigenvalue weighted by molar-refractivity contribution is 5.90. The minimum Gasteiger partial charge on any atom is -0.353 e. The summed E-state index contributed by atoms with van der Waals surface area (Å²) in [4.78, 5) is 21.1. The Bertz CT molecular complexity index is 730. The highest BCUT2D eigenvalue weighted by Gasteiger charge is 2.32. The summed E-state index contributed by atoms with van der Waals surface area (Å²) in [7, 11) is 2.22. The van der Waals surface area contributed by atoms with Crippen molar-refractivity contribution in [2.24, 2.45) is 0 Å². The number of pyridine rings is 1. The van der Waals surface area contributed by atoms with Crippen LogP contribution in [0.15, 0.2) is 12.4 Å². The lowest BCUT2D eigenvalue weighted by molar-refractivity contribution is 0.0805. The van der Waals surface area contributed by atoms with Gasteiger partial charge in [0.15, 0.2) is 5.65 Å². The normalized spacial score (nSPS) is 23.3. The number of hydrogen-bond donors (Lipinski definition) is 0. The molecular formula is C17H24N6. The molecule has 0 aliphatic carbocycles. The van der Waals surface area contributed by atoms with Crippen LogP contribution >= 0.6 is 0 Å². The van der Waals surface area contributed by atoms with Gasteiger partial charge in [-0.2, -0.15) is 0 Å². The van der Waals surface area contributed by atoms with Crippen LogP contribution in [-0.2, 0) is 0 Å². The van der Waals surface area contributed by atoms with Gasteiger partial charge in [0.2, 0.25) is 0 Å². The molecule has 2 saturated heterocycles. The van der Waals surface area contributed by atoms with E-state index < -0.39 is 0 Å². The number of nitrogens with zero attached hydrogens (tertiary/aromatic N) is 6.